The Morgan fingerprint density at radius 1 is 1.28 bits per heavy atom. The molecule has 2 aromatic heterocycles. The Labute approximate surface area is 108 Å². The molecule has 0 aromatic carbocycles. The summed E-state index contributed by atoms with van der Waals surface area (Å²) < 4.78 is 1.90. The van der Waals surface area contributed by atoms with Gasteiger partial charge in [0.15, 0.2) is 0 Å². The minimum absolute atomic E-state index is 0.418. The van der Waals surface area contributed by atoms with Crippen molar-refractivity contribution in [2.75, 3.05) is 5.73 Å². The van der Waals surface area contributed by atoms with E-state index in [4.69, 9.17) is 5.73 Å². The van der Waals surface area contributed by atoms with E-state index >= 15 is 0 Å². The molecule has 0 amide bonds. The average Bonchev–Trinajstić information content (AvgIpc) is 2.98. The number of hydrogen-bond donors (Lipinski definition) is 1. The molecule has 8 heteroatoms. The van der Waals surface area contributed by atoms with Crippen molar-refractivity contribution in [1.82, 2.24) is 30.2 Å². The molecule has 2 heterocycles. The molecular formula is C10H13N7S. The van der Waals surface area contributed by atoms with E-state index in [0.717, 1.165) is 23.0 Å². The number of tetrazole rings is 1. The molecule has 1 fully saturated rings. The van der Waals surface area contributed by atoms with E-state index in [1.807, 2.05) is 4.68 Å². The van der Waals surface area contributed by atoms with Crippen LogP contribution in [0.2, 0.25) is 0 Å². The first kappa shape index (κ1) is 11.4. The Balaban J connectivity index is 1.82. The van der Waals surface area contributed by atoms with Crippen LogP contribution < -0.4 is 5.73 Å². The van der Waals surface area contributed by atoms with Gasteiger partial charge in [0.25, 0.3) is 0 Å². The van der Waals surface area contributed by atoms with Gasteiger partial charge in [-0.1, -0.05) is 12.8 Å². The smallest absolute Gasteiger partial charge is 0.215 e. The summed E-state index contributed by atoms with van der Waals surface area (Å²) in [6, 6.07) is 2.14. The normalized spacial score (nSPS) is 16.2. The van der Waals surface area contributed by atoms with E-state index in [9.17, 15) is 0 Å². The fraction of sp³-hybridized carbons (Fsp3) is 0.500. The predicted octanol–water partition coefficient (Wildman–Crippen LogP) is 1.31. The summed E-state index contributed by atoms with van der Waals surface area (Å²) in [5.74, 6) is 0.451. The molecule has 2 N–H and O–H groups in total. The zero-order chi connectivity index (χ0) is 12.4. The van der Waals surface area contributed by atoms with E-state index in [1.165, 1.54) is 30.9 Å². The zero-order valence-corrected chi connectivity index (χ0v) is 10.5. The number of nitrogen functional groups attached to an aromatic ring is 1. The van der Waals surface area contributed by atoms with Crippen LogP contribution in [0.4, 0.5) is 5.82 Å². The number of nitrogens with zero attached hydrogens (tertiary/aromatic N) is 6. The summed E-state index contributed by atoms with van der Waals surface area (Å²) in [5.41, 5.74) is 5.62. The van der Waals surface area contributed by atoms with Gasteiger partial charge in [-0.3, -0.25) is 0 Å². The van der Waals surface area contributed by atoms with Crippen LogP contribution in [0.15, 0.2) is 22.6 Å². The first-order chi connectivity index (χ1) is 8.83. The maximum atomic E-state index is 5.62. The first-order valence-electron chi connectivity index (χ1n) is 5.86. The van der Waals surface area contributed by atoms with Gasteiger partial charge in [-0.2, -0.15) is 0 Å². The van der Waals surface area contributed by atoms with Gasteiger partial charge in [0, 0.05) is 6.07 Å². The minimum atomic E-state index is 0.418. The summed E-state index contributed by atoms with van der Waals surface area (Å²) in [6.07, 6.45) is 6.22. The summed E-state index contributed by atoms with van der Waals surface area (Å²) in [6.45, 7) is 0. The second-order valence-electron chi connectivity index (χ2n) is 4.23. The highest BCUT2D eigenvalue weighted by molar-refractivity contribution is 7.99. The second-order valence-corrected chi connectivity index (χ2v) is 5.22. The average molecular weight is 263 g/mol. The maximum Gasteiger partial charge on any atom is 0.215 e. The van der Waals surface area contributed by atoms with Crippen LogP contribution in [0.25, 0.3) is 0 Å². The van der Waals surface area contributed by atoms with E-state index in [2.05, 4.69) is 25.5 Å². The molecule has 0 radical (unpaired) electrons. The molecule has 0 bridgehead atoms. The van der Waals surface area contributed by atoms with Gasteiger partial charge in [-0.05, 0) is 35.0 Å². The number of rotatable bonds is 3. The Morgan fingerprint density at radius 3 is 2.89 bits per heavy atom. The van der Waals surface area contributed by atoms with E-state index < -0.39 is 0 Å². The number of nitrogens with two attached hydrogens (primary N) is 1. The monoisotopic (exact) mass is 263 g/mol. The lowest BCUT2D eigenvalue weighted by atomic mass is 10.3. The largest absolute Gasteiger partial charge is 0.384 e. The molecular weight excluding hydrogens is 250 g/mol. The molecule has 2 aromatic rings. The number of anilines is 1. The van der Waals surface area contributed by atoms with Crippen LogP contribution in [0.5, 0.6) is 0 Å². The van der Waals surface area contributed by atoms with E-state index in [1.54, 1.807) is 6.07 Å². The van der Waals surface area contributed by atoms with Gasteiger partial charge in [0.1, 0.15) is 17.2 Å². The lowest BCUT2D eigenvalue weighted by Crippen LogP contribution is -2.08. The molecule has 0 unspecified atom stereocenters. The van der Waals surface area contributed by atoms with Crippen molar-refractivity contribution >= 4 is 17.6 Å². The van der Waals surface area contributed by atoms with Gasteiger partial charge >= 0.3 is 0 Å². The standard InChI is InChI=1S/C10H13N7S/c11-8-5-9(13-6-12-8)18-10-14-15-16-17(10)7-3-1-2-4-7/h5-7H,1-4H2,(H2,11,12,13). The molecule has 0 aliphatic heterocycles. The van der Waals surface area contributed by atoms with Gasteiger partial charge < -0.3 is 5.73 Å². The van der Waals surface area contributed by atoms with Crippen LogP contribution in [-0.2, 0) is 0 Å². The number of hydrogen-bond acceptors (Lipinski definition) is 7. The van der Waals surface area contributed by atoms with Crippen molar-refractivity contribution in [2.24, 2.45) is 0 Å². The molecule has 3 rings (SSSR count). The highest BCUT2D eigenvalue weighted by Gasteiger charge is 2.22. The van der Waals surface area contributed by atoms with Crippen LogP contribution in [0, 0.1) is 0 Å². The van der Waals surface area contributed by atoms with Crippen molar-refractivity contribution < 1.29 is 0 Å². The van der Waals surface area contributed by atoms with Crippen LogP contribution in [0.3, 0.4) is 0 Å². The Morgan fingerprint density at radius 2 is 2.11 bits per heavy atom. The van der Waals surface area contributed by atoms with Crippen molar-refractivity contribution in [3.8, 4) is 0 Å². The van der Waals surface area contributed by atoms with Crippen molar-refractivity contribution in [2.45, 2.75) is 41.9 Å². The summed E-state index contributed by atoms with van der Waals surface area (Å²) in [5, 5.41) is 13.4. The molecule has 18 heavy (non-hydrogen) atoms. The molecule has 0 atom stereocenters. The third-order valence-electron chi connectivity index (χ3n) is 2.99. The van der Waals surface area contributed by atoms with Gasteiger partial charge in [-0.25, -0.2) is 14.6 Å². The minimum Gasteiger partial charge on any atom is -0.384 e. The van der Waals surface area contributed by atoms with Crippen LogP contribution in [0.1, 0.15) is 31.7 Å². The topological polar surface area (TPSA) is 95.4 Å². The van der Waals surface area contributed by atoms with Crippen molar-refractivity contribution in [1.29, 1.82) is 0 Å². The molecule has 0 spiro atoms. The third-order valence-corrected chi connectivity index (χ3v) is 3.88. The summed E-state index contributed by atoms with van der Waals surface area (Å²) in [7, 11) is 0. The molecule has 94 valence electrons. The lowest BCUT2D eigenvalue weighted by molar-refractivity contribution is 0.423. The predicted molar refractivity (Wildman–Crippen MR) is 65.9 cm³/mol. The van der Waals surface area contributed by atoms with Crippen LogP contribution in [-0.4, -0.2) is 30.2 Å². The van der Waals surface area contributed by atoms with Crippen LogP contribution >= 0.6 is 11.8 Å². The van der Waals surface area contributed by atoms with E-state index in [-0.39, 0.29) is 0 Å². The second kappa shape index (κ2) is 4.89. The Kier molecular flexibility index (Phi) is 3.09. The first-order valence-corrected chi connectivity index (χ1v) is 6.68. The number of aromatic nitrogens is 6. The highest BCUT2D eigenvalue weighted by Crippen LogP contribution is 2.33. The van der Waals surface area contributed by atoms with E-state index in [0.29, 0.717) is 11.9 Å². The molecule has 1 aliphatic rings. The third kappa shape index (κ3) is 2.28. The van der Waals surface area contributed by atoms with Crippen molar-refractivity contribution in [3.05, 3.63) is 12.4 Å². The quantitative estimate of drug-likeness (QED) is 0.834. The fourth-order valence-corrected chi connectivity index (χ4v) is 2.96. The SMILES string of the molecule is Nc1cc(Sc2nnnn2C2CCCC2)ncn1. The molecule has 1 saturated carbocycles. The van der Waals surface area contributed by atoms with Crippen molar-refractivity contribution in [3.63, 3.8) is 0 Å². The zero-order valence-electron chi connectivity index (χ0n) is 9.73. The summed E-state index contributed by atoms with van der Waals surface area (Å²) >= 11 is 1.42. The lowest BCUT2D eigenvalue weighted by Gasteiger charge is -2.10. The fourth-order valence-electron chi connectivity index (χ4n) is 2.13. The molecule has 7 nitrogen and oxygen atoms in total. The Bertz CT molecular complexity index is 535. The Hall–Kier alpha value is -1.70. The molecule has 1 aliphatic carbocycles. The summed E-state index contributed by atoms with van der Waals surface area (Å²) in [4.78, 5) is 8.01. The highest BCUT2D eigenvalue weighted by atomic mass is 32.2. The van der Waals surface area contributed by atoms with Gasteiger partial charge in [0.2, 0.25) is 5.16 Å². The van der Waals surface area contributed by atoms with Gasteiger partial charge in [-0.15, -0.1) is 5.10 Å². The van der Waals surface area contributed by atoms with Gasteiger partial charge in [0.05, 0.1) is 6.04 Å². The molecule has 0 saturated heterocycles. The maximum absolute atomic E-state index is 5.62.